The van der Waals surface area contributed by atoms with Gasteiger partial charge in [0, 0.05) is 18.3 Å². The van der Waals surface area contributed by atoms with Crippen LogP contribution in [-0.4, -0.2) is 28.1 Å². The van der Waals surface area contributed by atoms with Gasteiger partial charge in [0.05, 0.1) is 10.9 Å². The van der Waals surface area contributed by atoms with Crippen molar-refractivity contribution in [2.24, 2.45) is 0 Å². The number of amides is 1. The molecule has 1 N–H and O–H groups in total. The first-order chi connectivity index (χ1) is 10.6. The summed E-state index contributed by atoms with van der Waals surface area (Å²) in [6, 6.07) is 9.96. The van der Waals surface area contributed by atoms with Crippen LogP contribution in [0.3, 0.4) is 0 Å². The van der Waals surface area contributed by atoms with E-state index in [1.807, 2.05) is 0 Å². The molecule has 0 aliphatic heterocycles. The molecule has 0 bridgehead atoms. The summed E-state index contributed by atoms with van der Waals surface area (Å²) >= 11 is 5.90. The third-order valence-corrected chi connectivity index (χ3v) is 3.46. The second kappa shape index (κ2) is 5.57. The molecule has 0 spiro atoms. The highest BCUT2D eigenvalue weighted by Gasteiger charge is 2.20. The maximum Gasteiger partial charge on any atom is 0.283 e. The minimum absolute atomic E-state index is 0.206. The van der Waals surface area contributed by atoms with Gasteiger partial charge in [0.2, 0.25) is 5.43 Å². The Hall–Kier alpha value is -2.73. The van der Waals surface area contributed by atoms with E-state index < -0.39 is 11.3 Å². The van der Waals surface area contributed by atoms with E-state index in [1.54, 1.807) is 36.5 Å². The number of hydrogen-bond acceptors (Lipinski definition) is 4. The van der Waals surface area contributed by atoms with E-state index in [1.165, 1.54) is 18.0 Å². The molecule has 0 radical (unpaired) electrons. The summed E-state index contributed by atoms with van der Waals surface area (Å²) < 4.78 is 0. The zero-order valence-electron chi connectivity index (χ0n) is 11.6. The van der Waals surface area contributed by atoms with Gasteiger partial charge >= 0.3 is 0 Å². The van der Waals surface area contributed by atoms with Gasteiger partial charge in [-0.15, -0.1) is 0 Å². The number of aromatic amines is 1. The molecule has 3 rings (SSSR count). The highest BCUT2D eigenvalue weighted by molar-refractivity contribution is 6.31. The van der Waals surface area contributed by atoms with Crippen molar-refractivity contribution >= 4 is 34.2 Å². The fourth-order valence-electron chi connectivity index (χ4n) is 2.06. The third kappa shape index (κ3) is 2.44. The first kappa shape index (κ1) is 14.2. The van der Waals surface area contributed by atoms with Crippen LogP contribution in [0.2, 0.25) is 5.02 Å². The quantitative estimate of drug-likeness (QED) is 0.787. The van der Waals surface area contributed by atoms with E-state index in [0.29, 0.717) is 21.7 Å². The van der Waals surface area contributed by atoms with Crippen LogP contribution < -0.4 is 10.3 Å². The van der Waals surface area contributed by atoms with Crippen LogP contribution in [0.5, 0.6) is 0 Å². The van der Waals surface area contributed by atoms with Crippen LogP contribution in [0.4, 0.5) is 5.82 Å². The summed E-state index contributed by atoms with van der Waals surface area (Å²) in [6.07, 6.45) is 1.57. The van der Waals surface area contributed by atoms with E-state index in [4.69, 9.17) is 11.6 Å². The molecular formula is C15H11ClN4O2. The maximum absolute atomic E-state index is 12.5. The van der Waals surface area contributed by atoms with Gasteiger partial charge in [0.1, 0.15) is 5.82 Å². The molecule has 1 aromatic carbocycles. The van der Waals surface area contributed by atoms with Gasteiger partial charge in [0.15, 0.2) is 5.69 Å². The number of anilines is 1. The number of H-pyrrole nitrogens is 1. The molecule has 0 atom stereocenters. The molecule has 0 unspecified atom stereocenters. The second-order valence-corrected chi connectivity index (χ2v) is 5.08. The fourth-order valence-corrected chi connectivity index (χ4v) is 2.23. The van der Waals surface area contributed by atoms with Gasteiger partial charge in [0.25, 0.3) is 5.91 Å². The predicted molar refractivity (Wildman–Crippen MR) is 84.3 cm³/mol. The molecule has 22 heavy (non-hydrogen) atoms. The summed E-state index contributed by atoms with van der Waals surface area (Å²) in [5.41, 5.74) is -0.154. The minimum atomic E-state index is -0.540. The molecule has 0 fully saturated rings. The molecule has 2 heterocycles. The number of nitrogens with one attached hydrogen (secondary N) is 1. The van der Waals surface area contributed by atoms with Crippen LogP contribution in [0.1, 0.15) is 10.5 Å². The Labute approximate surface area is 130 Å². The lowest BCUT2D eigenvalue weighted by Crippen LogP contribution is -2.33. The Morgan fingerprint density at radius 2 is 2.09 bits per heavy atom. The summed E-state index contributed by atoms with van der Waals surface area (Å²) in [6.45, 7) is 0. The lowest BCUT2D eigenvalue weighted by atomic mass is 10.2. The van der Waals surface area contributed by atoms with Crippen molar-refractivity contribution in [2.45, 2.75) is 0 Å². The number of fused-ring (bicyclic) bond motifs is 1. The monoisotopic (exact) mass is 314 g/mol. The molecule has 2 aromatic heterocycles. The van der Waals surface area contributed by atoms with Gasteiger partial charge in [-0.05, 0) is 30.3 Å². The summed E-state index contributed by atoms with van der Waals surface area (Å²) in [7, 11) is 1.54. The molecule has 3 aromatic rings. The van der Waals surface area contributed by atoms with Crippen molar-refractivity contribution in [1.82, 2.24) is 15.2 Å². The number of pyridine rings is 1. The lowest BCUT2D eigenvalue weighted by molar-refractivity contribution is 0.0985. The number of carbonyl (C=O) groups is 1. The van der Waals surface area contributed by atoms with E-state index in [0.717, 1.165) is 0 Å². The second-order valence-electron chi connectivity index (χ2n) is 4.64. The number of nitrogens with zero attached hydrogens (tertiary/aromatic N) is 3. The number of benzene rings is 1. The first-order valence-electron chi connectivity index (χ1n) is 6.45. The van der Waals surface area contributed by atoms with Crippen LogP contribution >= 0.6 is 11.6 Å². The first-order valence-corrected chi connectivity index (χ1v) is 6.83. The van der Waals surface area contributed by atoms with Crippen molar-refractivity contribution < 1.29 is 4.79 Å². The van der Waals surface area contributed by atoms with E-state index in [2.05, 4.69) is 15.2 Å². The smallest absolute Gasteiger partial charge is 0.283 e. The standard InChI is InChI=1S/C15H11ClN4O2/c1-20(12-4-2-3-7-17-12)15(22)13-14(21)10-8-9(16)5-6-11(10)18-19-13/h2-8H,1H3,(H,18,21). The number of halogens is 1. The Morgan fingerprint density at radius 1 is 1.27 bits per heavy atom. The number of rotatable bonds is 2. The molecule has 0 saturated heterocycles. The van der Waals surface area contributed by atoms with E-state index in [-0.39, 0.29) is 5.69 Å². The molecule has 1 amide bonds. The van der Waals surface area contributed by atoms with E-state index in [9.17, 15) is 9.59 Å². The number of hydrogen-bond donors (Lipinski definition) is 1. The summed E-state index contributed by atoms with van der Waals surface area (Å²) in [5.74, 6) is -0.110. The molecule has 7 heteroatoms. The van der Waals surface area contributed by atoms with Crippen molar-refractivity contribution in [3.05, 3.63) is 63.5 Å². The van der Waals surface area contributed by atoms with Gasteiger partial charge < -0.3 is 0 Å². The molecule has 6 nitrogen and oxygen atoms in total. The van der Waals surface area contributed by atoms with Crippen LogP contribution in [-0.2, 0) is 0 Å². The zero-order chi connectivity index (χ0) is 15.7. The van der Waals surface area contributed by atoms with Crippen LogP contribution in [0, 0.1) is 0 Å². The van der Waals surface area contributed by atoms with Gasteiger partial charge in [-0.2, -0.15) is 5.10 Å². The van der Waals surface area contributed by atoms with Crippen molar-refractivity contribution in [2.75, 3.05) is 11.9 Å². The average Bonchev–Trinajstić information content (AvgIpc) is 2.55. The normalized spacial score (nSPS) is 10.6. The average molecular weight is 315 g/mol. The molecule has 0 aliphatic carbocycles. The van der Waals surface area contributed by atoms with Gasteiger partial charge in [-0.1, -0.05) is 17.7 Å². The Bertz CT molecular complexity index is 908. The Kier molecular flexibility index (Phi) is 3.60. The molecule has 0 saturated carbocycles. The predicted octanol–water partition coefficient (Wildman–Crippen LogP) is 2.25. The number of aromatic nitrogens is 3. The SMILES string of the molecule is CN(C(=O)c1n[nH]c2ccc(Cl)cc2c1=O)c1ccccn1. The summed E-state index contributed by atoms with van der Waals surface area (Å²) in [5, 5.41) is 7.32. The Morgan fingerprint density at radius 3 is 2.82 bits per heavy atom. The highest BCUT2D eigenvalue weighted by atomic mass is 35.5. The van der Waals surface area contributed by atoms with Crippen molar-refractivity contribution in [3.8, 4) is 0 Å². The zero-order valence-corrected chi connectivity index (χ0v) is 12.3. The molecule has 0 aliphatic rings. The van der Waals surface area contributed by atoms with Gasteiger partial charge in [-0.3, -0.25) is 19.6 Å². The largest absolute Gasteiger partial charge is 0.294 e. The van der Waals surface area contributed by atoms with Crippen molar-refractivity contribution in [3.63, 3.8) is 0 Å². The maximum atomic E-state index is 12.5. The summed E-state index contributed by atoms with van der Waals surface area (Å²) in [4.78, 5) is 30.3. The van der Waals surface area contributed by atoms with Crippen molar-refractivity contribution in [1.29, 1.82) is 0 Å². The minimum Gasteiger partial charge on any atom is -0.294 e. The van der Waals surface area contributed by atoms with E-state index >= 15 is 0 Å². The Balaban J connectivity index is 2.08. The van der Waals surface area contributed by atoms with Crippen LogP contribution in [0.15, 0.2) is 47.4 Å². The molecule has 110 valence electrons. The molecular weight excluding hydrogens is 304 g/mol. The van der Waals surface area contributed by atoms with Gasteiger partial charge in [-0.25, -0.2) is 4.98 Å². The lowest BCUT2D eigenvalue weighted by Gasteiger charge is -2.15. The highest BCUT2D eigenvalue weighted by Crippen LogP contribution is 2.15. The third-order valence-electron chi connectivity index (χ3n) is 3.23. The number of carbonyl (C=O) groups excluding carboxylic acids is 1. The fraction of sp³-hybridized carbons (Fsp3) is 0.0667. The topological polar surface area (TPSA) is 79.0 Å². The van der Waals surface area contributed by atoms with Crippen LogP contribution in [0.25, 0.3) is 10.9 Å².